The highest BCUT2D eigenvalue weighted by Crippen LogP contribution is 2.31. The van der Waals surface area contributed by atoms with Crippen molar-refractivity contribution in [3.8, 4) is 0 Å². The molecular weight excluding hydrogens is 240 g/mol. The smallest absolute Gasteiger partial charge is 0.240 e. The van der Waals surface area contributed by atoms with Crippen LogP contribution in [0.25, 0.3) is 0 Å². The van der Waals surface area contributed by atoms with Crippen LogP contribution in [0.15, 0.2) is 18.3 Å². The SMILES string of the molecule is CNC1C(=O)N(Cc2cccnn2)CCCC1(C)C. The maximum absolute atomic E-state index is 12.6. The molecule has 1 amide bonds. The Morgan fingerprint density at radius 2 is 2.32 bits per heavy atom. The zero-order valence-electron chi connectivity index (χ0n) is 11.9. The third kappa shape index (κ3) is 3.10. The second-order valence-electron chi connectivity index (χ2n) is 5.79. The van der Waals surface area contributed by atoms with Crippen molar-refractivity contribution in [2.75, 3.05) is 13.6 Å². The molecule has 0 aliphatic carbocycles. The van der Waals surface area contributed by atoms with E-state index in [2.05, 4.69) is 29.4 Å². The van der Waals surface area contributed by atoms with Crippen LogP contribution >= 0.6 is 0 Å². The van der Waals surface area contributed by atoms with Crippen LogP contribution in [0.3, 0.4) is 0 Å². The van der Waals surface area contributed by atoms with Crippen LogP contribution in [0.2, 0.25) is 0 Å². The van der Waals surface area contributed by atoms with Crippen molar-refractivity contribution in [2.24, 2.45) is 5.41 Å². The summed E-state index contributed by atoms with van der Waals surface area (Å²) in [5, 5.41) is 11.1. The Morgan fingerprint density at radius 3 is 2.95 bits per heavy atom. The first-order valence-corrected chi connectivity index (χ1v) is 6.77. The molecule has 5 nitrogen and oxygen atoms in total. The maximum Gasteiger partial charge on any atom is 0.240 e. The zero-order valence-corrected chi connectivity index (χ0v) is 11.9. The number of aromatic nitrogens is 2. The van der Waals surface area contributed by atoms with Gasteiger partial charge in [-0.1, -0.05) is 13.8 Å². The summed E-state index contributed by atoms with van der Waals surface area (Å²) < 4.78 is 0. The average molecular weight is 262 g/mol. The highest BCUT2D eigenvalue weighted by molar-refractivity contribution is 5.83. The van der Waals surface area contributed by atoms with E-state index in [1.54, 1.807) is 6.20 Å². The van der Waals surface area contributed by atoms with Crippen molar-refractivity contribution >= 4 is 5.91 Å². The number of nitrogens with one attached hydrogen (secondary N) is 1. The Kier molecular flexibility index (Phi) is 4.14. The Morgan fingerprint density at radius 1 is 1.53 bits per heavy atom. The van der Waals surface area contributed by atoms with E-state index in [1.807, 2.05) is 24.1 Å². The fourth-order valence-electron chi connectivity index (χ4n) is 2.78. The van der Waals surface area contributed by atoms with Gasteiger partial charge in [0.25, 0.3) is 0 Å². The maximum atomic E-state index is 12.6. The fourth-order valence-corrected chi connectivity index (χ4v) is 2.78. The lowest BCUT2D eigenvalue weighted by Crippen LogP contribution is -2.50. The van der Waals surface area contributed by atoms with Gasteiger partial charge in [-0.3, -0.25) is 4.79 Å². The molecule has 1 aromatic rings. The van der Waals surface area contributed by atoms with Crippen LogP contribution in [0.5, 0.6) is 0 Å². The fraction of sp³-hybridized carbons (Fsp3) is 0.643. The lowest BCUT2D eigenvalue weighted by Gasteiger charge is -2.32. The molecule has 1 aliphatic heterocycles. The second kappa shape index (κ2) is 5.65. The molecule has 1 unspecified atom stereocenters. The molecule has 2 heterocycles. The molecule has 1 N–H and O–H groups in total. The lowest BCUT2D eigenvalue weighted by molar-refractivity contribution is -0.135. The van der Waals surface area contributed by atoms with Crippen LogP contribution in [0.4, 0.5) is 0 Å². The third-order valence-electron chi connectivity index (χ3n) is 3.86. The third-order valence-corrected chi connectivity index (χ3v) is 3.86. The summed E-state index contributed by atoms with van der Waals surface area (Å²) in [5.74, 6) is 0.163. The molecule has 104 valence electrons. The Bertz CT molecular complexity index is 432. The first-order valence-electron chi connectivity index (χ1n) is 6.77. The molecule has 19 heavy (non-hydrogen) atoms. The van der Waals surface area contributed by atoms with Crippen molar-refractivity contribution in [3.63, 3.8) is 0 Å². The molecule has 1 atom stereocenters. The quantitative estimate of drug-likeness (QED) is 0.889. The van der Waals surface area contributed by atoms with Gasteiger partial charge in [0, 0.05) is 12.7 Å². The number of hydrogen-bond donors (Lipinski definition) is 1. The molecule has 1 aromatic heterocycles. The summed E-state index contributed by atoms with van der Waals surface area (Å²) in [7, 11) is 1.86. The van der Waals surface area contributed by atoms with E-state index in [9.17, 15) is 4.79 Å². The number of rotatable bonds is 3. The molecule has 0 saturated carbocycles. The van der Waals surface area contributed by atoms with E-state index < -0.39 is 0 Å². The molecule has 1 aliphatic rings. The van der Waals surface area contributed by atoms with Crippen molar-refractivity contribution in [1.29, 1.82) is 0 Å². The van der Waals surface area contributed by atoms with Gasteiger partial charge in [-0.05, 0) is 37.4 Å². The predicted octanol–water partition coefficient (Wildman–Crippen LogP) is 1.21. The highest BCUT2D eigenvalue weighted by Gasteiger charge is 2.38. The van der Waals surface area contributed by atoms with E-state index in [4.69, 9.17) is 0 Å². The van der Waals surface area contributed by atoms with Gasteiger partial charge >= 0.3 is 0 Å². The molecule has 2 rings (SSSR count). The summed E-state index contributed by atoms with van der Waals surface area (Å²) >= 11 is 0. The number of carbonyl (C=O) groups is 1. The molecule has 0 aromatic carbocycles. The molecule has 0 radical (unpaired) electrons. The van der Waals surface area contributed by atoms with Crippen LogP contribution in [-0.2, 0) is 11.3 Å². The summed E-state index contributed by atoms with van der Waals surface area (Å²) in [6.45, 7) is 5.63. The van der Waals surface area contributed by atoms with Crippen LogP contribution in [-0.4, -0.2) is 40.6 Å². The van der Waals surface area contributed by atoms with E-state index in [-0.39, 0.29) is 17.4 Å². The minimum atomic E-state index is -0.133. The van der Waals surface area contributed by atoms with Gasteiger partial charge in [0.2, 0.25) is 5.91 Å². The van der Waals surface area contributed by atoms with Crippen LogP contribution < -0.4 is 5.32 Å². The average Bonchev–Trinajstić information content (AvgIpc) is 2.48. The Balaban J connectivity index is 2.15. The van der Waals surface area contributed by atoms with Gasteiger partial charge in [-0.15, -0.1) is 0 Å². The molecular formula is C14H22N4O. The number of amides is 1. The zero-order chi connectivity index (χ0) is 13.9. The van der Waals surface area contributed by atoms with E-state index in [0.29, 0.717) is 6.54 Å². The summed E-state index contributed by atoms with van der Waals surface area (Å²) in [4.78, 5) is 14.5. The number of carbonyl (C=O) groups excluding carboxylic acids is 1. The first-order chi connectivity index (χ1) is 9.04. The summed E-state index contributed by atoms with van der Waals surface area (Å²) in [6, 6.07) is 3.63. The van der Waals surface area contributed by atoms with E-state index in [1.165, 1.54) is 0 Å². The second-order valence-corrected chi connectivity index (χ2v) is 5.79. The molecule has 1 fully saturated rings. The van der Waals surface area contributed by atoms with Crippen molar-refractivity contribution < 1.29 is 4.79 Å². The monoisotopic (exact) mass is 262 g/mol. The van der Waals surface area contributed by atoms with Gasteiger partial charge in [-0.25, -0.2) is 0 Å². The topological polar surface area (TPSA) is 58.1 Å². The van der Waals surface area contributed by atoms with Gasteiger partial charge in [0.05, 0.1) is 18.3 Å². The Hall–Kier alpha value is -1.49. The lowest BCUT2D eigenvalue weighted by atomic mass is 9.80. The molecule has 5 heteroatoms. The first kappa shape index (κ1) is 13.9. The van der Waals surface area contributed by atoms with E-state index in [0.717, 1.165) is 25.1 Å². The normalized spacial score (nSPS) is 23.2. The van der Waals surface area contributed by atoms with Crippen molar-refractivity contribution in [3.05, 3.63) is 24.0 Å². The van der Waals surface area contributed by atoms with Crippen LogP contribution in [0, 0.1) is 5.41 Å². The Labute approximate surface area is 114 Å². The number of likely N-dealkylation sites (N-methyl/N-ethyl adjacent to an activating group) is 1. The number of hydrogen-bond acceptors (Lipinski definition) is 4. The van der Waals surface area contributed by atoms with Crippen molar-refractivity contribution in [2.45, 2.75) is 39.3 Å². The largest absolute Gasteiger partial charge is 0.335 e. The minimum Gasteiger partial charge on any atom is -0.335 e. The summed E-state index contributed by atoms with van der Waals surface area (Å²) in [6.07, 6.45) is 3.71. The van der Waals surface area contributed by atoms with Gasteiger partial charge in [0.15, 0.2) is 0 Å². The van der Waals surface area contributed by atoms with Gasteiger partial charge in [-0.2, -0.15) is 10.2 Å². The summed E-state index contributed by atoms with van der Waals surface area (Å²) in [5.41, 5.74) is 0.827. The number of likely N-dealkylation sites (tertiary alicyclic amines) is 1. The minimum absolute atomic E-state index is 0.0110. The standard InChI is InChI=1S/C14H22N4O/c1-14(2)7-5-9-18(13(19)12(14)15-3)10-11-6-4-8-16-17-11/h4,6,8,12,15H,5,7,9-10H2,1-3H3. The highest BCUT2D eigenvalue weighted by atomic mass is 16.2. The predicted molar refractivity (Wildman–Crippen MR) is 73.3 cm³/mol. The van der Waals surface area contributed by atoms with Crippen molar-refractivity contribution in [1.82, 2.24) is 20.4 Å². The molecule has 0 spiro atoms. The van der Waals surface area contributed by atoms with E-state index >= 15 is 0 Å². The van der Waals surface area contributed by atoms with Gasteiger partial charge in [0.1, 0.15) is 0 Å². The number of nitrogens with zero attached hydrogens (tertiary/aromatic N) is 3. The molecule has 1 saturated heterocycles. The molecule has 0 bridgehead atoms. The van der Waals surface area contributed by atoms with Gasteiger partial charge < -0.3 is 10.2 Å². The van der Waals surface area contributed by atoms with Crippen LogP contribution in [0.1, 0.15) is 32.4 Å².